The van der Waals surface area contributed by atoms with E-state index in [-0.39, 0.29) is 0 Å². The first-order valence-electron chi connectivity index (χ1n) is 5.40. The maximum Gasteiger partial charge on any atom is 0.108 e. The summed E-state index contributed by atoms with van der Waals surface area (Å²) in [5, 5.41) is 0. The second kappa shape index (κ2) is 4.13. The fourth-order valence-corrected chi connectivity index (χ4v) is 2.12. The number of nitrogens with zero attached hydrogens (tertiary/aromatic N) is 3. The summed E-state index contributed by atoms with van der Waals surface area (Å²) in [7, 11) is 4.29. The van der Waals surface area contributed by atoms with Crippen LogP contribution in [0.1, 0.15) is 18.7 Å². The maximum absolute atomic E-state index is 4.38. The first-order chi connectivity index (χ1) is 6.75. The molecule has 0 atom stereocenters. The normalized spacial score (nSPS) is 20.1. The van der Waals surface area contributed by atoms with Crippen LogP contribution in [0.15, 0.2) is 12.4 Å². The zero-order valence-electron chi connectivity index (χ0n) is 9.11. The Bertz CT molecular complexity index is 284. The molecule has 78 valence electrons. The van der Waals surface area contributed by atoms with Crippen LogP contribution in [0.4, 0.5) is 0 Å². The van der Waals surface area contributed by atoms with Crippen molar-refractivity contribution in [2.75, 3.05) is 20.1 Å². The molecular formula is C11H19N3. The topological polar surface area (TPSA) is 21.1 Å². The third kappa shape index (κ3) is 2.15. The summed E-state index contributed by atoms with van der Waals surface area (Å²) < 4.78 is 2.14. The molecule has 2 heterocycles. The molecule has 1 aromatic heterocycles. The summed E-state index contributed by atoms with van der Waals surface area (Å²) in [6.45, 7) is 2.49. The molecule has 0 saturated carbocycles. The van der Waals surface area contributed by atoms with Gasteiger partial charge in [0.05, 0.1) is 0 Å². The third-order valence-corrected chi connectivity index (χ3v) is 3.23. The van der Waals surface area contributed by atoms with Crippen LogP contribution >= 0.6 is 0 Å². The summed E-state index contributed by atoms with van der Waals surface area (Å²) >= 11 is 0. The lowest BCUT2D eigenvalue weighted by Gasteiger charge is -2.28. The number of hydrogen-bond donors (Lipinski definition) is 0. The molecule has 0 spiro atoms. The first kappa shape index (κ1) is 9.71. The molecule has 1 aliphatic rings. The fraction of sp³-hybridized carbons (Fsp3) is 0.727. The van der Waals surface area contributed by atoms with Gasteiger partial charge in [-0.3, -0.25) is 0 Å². The minimum Gasteiger partial charge on any atom is -0.338 e. The van der Waals surface area contributed by atoms with Crippen LogP contribution in [-0.4, -0.2) is 34.6 Å². The molecule has 1 fully saturated rings. The van der Waals surface area contributed by atoms with Crippen LogP contribution in [0.25, 0.3) is 0 Å². The van der Waals surface area contributed by atoms with Gasteiger partial charge in [0.25, 0.3) is 0 Å². The Morgan fingerprint density at radius 3 is 2.64 bits per heavy atom. The highest BCUT2D eigenvalue weighted by Crippen LogP contribution is 2.19. The van der Waals surface area contributed by atoms with E-state index < -0.39 is 0 Å². The number of aryl methyl sites for hydroxylation is 1. The van der Waals surface area contributed by atoms with E-state index in [1.807, 2.05) is 12.4 Å². The molecule has 0 unspecified atom stereocenters. The van der Waals surface area contributed by atoms with Crippen LogP contribution in [0.2, 0.25) is 0 Å². The second-order valence-electron chi connectivity index (χ2n) is 4.41. The second-order valence-corrected chi connectivity index (χ2v) is 4.41. The number of rotatable bonds is 2. The minimum atomic E-state index is 0.840. The van der Waals surface area contributed by atoms with Gasteiger partial charge in [-0.15, -0.1) is 0 Å². The zero-order chi connectivity index (χ0) is 9.97. The molecule has 1 aliphatic heterocycles. The van der Waals surface area contributed by atoms with E-state index in [0.29, 0.717) is 0 Å². The van der Waals surface area contributed by atoms with E-state index in [9.17, 15) is 0 Å². The number of likely N-dealkylation sites (tertiary alicyclic amines) is 1. The van der Waals surface area contributed by atoms with Crippen molar-refractivity contribution in [2.24, 2.45) is 13.0 Å². The van der Waals surface area contributed by atoms with Crippen molar-refractivity contribution < 1.29 is 0 Å². The standard InChI is InChI=1S/C11H19N3/c1-13-6-3-10(4-7-13)9-11-12-5-8-14(11)2/h5,8,10H,3-4,6-7,9H2,1-2H3. The molecule has 2 rings (SSSR count). The Kier molecular flexibility index (Phi) is 2.87. The fourth-order valence-electron chi connectivity index (χ4n) is 2.12. The van der Waals surface area contributed by atoms with Crippen molar-refractivity contribution in [3.05, 3.63) is 18.2 Å². The molecule has 1 aromatic rings. The minimum absolute atomic E-state index is 0.840. The summed E-state index contributed by atoms with van der Waals surface area (Å²) in [5.41, 5.74) is 0. The lowest BCUT2D eigenvalue weighted by molar-refractivity contribution is 0.217. The largest absolute Gasteiger partial charge is 0.338 e. The van der Waals surface area contributed by atoms with Gasteiger partial charge in [0.1, 0.15) is 5.82 Å². The highest BCUT2D eigenvalue weighted by Gasteiger charge is 2.18. The van der Waals surface area contributed by atoms with Gasteiger partial charge in [-0.1, -0.05) is 0 Å². The van der Waals surface area contributed by atoms with Crippen LogP contribution in [0, 0.1) is 5.92 Å². The van der Waals surface area contributed by atoms with Gasteiger partial charge in [-0.05, 0) is 38.9 Å². The molecular weight excluding hydrogens is 174 g/mol. The Morgan fingerprint density at radius 1 is 1.36 bits per heavy atom. The van der Waals surface area contributed by atoms with Gasteiger partial charge in [-0.2, -0.15) is 0 Å². The highest BCUT2D eigenvalue weighted by molar-refractivity contribution is 4.93. The maximum atomic E-state index is 4.38. The van der Waals surface area contributed by atoms with E-state index >= 15 is 0 Å². The number of aromatic nitrogens is 2. The summed E-state index contributed by atoms with van der Waals surface area (Å²) in [6, 6.07) is 0. The summed E-state index contributed by atoms with van der Waals surface area (Å²) in [6.07, 6.45) is 7.72. The Hall–Kier alpha value is -0.830. The zero-order valence-corrected chi connectivity index (χ0v) is 9.11. The number of piperidine rings is 1. The quantitative estimate of drug-likeness (QED) is 0.706. The van der Waals surface area contributed by atoms with Crippen molar-refractivity contribution in [3.8, 4) is 0 Å². The molecule has 0 aromatic carbocycles. The van der Waals surface area contributed by atoms with E-state index in [2.05, 4.69) is 28.5 Å². The average molecular weight is 193 g/mol. The molecule has 1 saturated heterocycles. The van der Waals surface area contributed by atoms with E-state index in [1.165, 1.54) is 31.8 Å². The van der Waals surface area contributed by atoms with E-state index in [4.69, 9.17) is 0 Å². The number of hydrogen-bond acceptors (Lipinski definition) is 2. The number of imidazole rings is 1. The van der Waals surface area contributed by atoms with Gasteiger partial charge in [-0.25, -0.2) is 4.98 Å². The first-order valence-corrected chi connectivity index (χ1v) is 5.40. The molecule has 0 bridgehead atoms. The lowest BCUT2D eigenvalue weighted by atomic mass is 9.93. The average Bonchev–Trinajstić information content (AvgIpc) is 2.56. The van der Waals surface area contributed by atoms with Crippen LogP contribution in [0.3, 0.4) is 0 Å². The van der Waals surface area contributed by atoms with Crippen molar-refractivity contribution in [2.45, 2.75) is 19.3 Å². The SMILES string of the molecule is CN1CCC(Cc2nccn2C)CC1. The molecule has 3 nitrogen and oxygen atoms in total. The van der Waals surface area contributed by atoms with Crippen LogP contribution < -0.4 is 0 Å². The van der Waals surface area contributed by atoms with Gasteiger partial charge >= 0.3 is 0 Å². The smallest absolute Gasteiger partial charge is 0.108 e. The predicted molar refractivity (Wildman–Crippen MR) is 57.1 cm³/mol. The van der Waals surface area contributed by atoms with Crippen LogP contribution in [0.5, 0.6) is 0 Å². The van der Waals surface area contributed by atoms with Crippen molar-refractivity contribution in [3.63, 3.8) is 0 Å². The summed E-state index contributed by atoms with van der Waals surface area (Å²) in [4.78, 5) is 6.79. The molecule has 0 aliphatic carbocycles. The van der Waals surface area contributed by atoms with Gasteiger partial charge in [0.2, 0.25) is 0 Å². The van der Waals surface area contributed by atoms with Crippen molar-refractivity contribution in [1.82, 2.24) is 14.5 Å². The molecule has 14 heavy (non-hydrogen) atoms. The van der Waals surface area contributed by atoms with Crippen molar-refractivity contribution >= 4 is 0 Å². The molecule has 3 heteroatoms. The Labute approximate surface area is 85.7 Å². The van der Waals surface area contributed by atoms with E-state index in [0.717, 1.165) is 12.3 Å². The Balaban J connectivity index is 1.89. The third-order valence-electron chi connectivity index (χ3n) is 3.23. The lowest BCUT2D eigenvalue weighted by Crippen LogP contribution is -2.31. The monoisotopic (exact) mass is 193 g/mol. The van der Waals surface area contributed by atoms with Crippen molar-refractivity contribution in [1.29, 1.82) is 0 Å². The summed E-state index contributed by atoms with van der Waals surface area (Å²) in [5.74, 6) is 2.08. The molecule has 0 N–H and O–H groups in total. The van der Waals surface area contributed by atoms with Gasteiger partial charge in [0.15, 0.2) is 0 Å². The van der Waals surface area contributed by atoms with Gasteiger partial charge < -0.3 is 9.47 Å². The molecule has 0 radical (unpaired) electrons. The Morgan fingerprint density at radius 2 is 2.07 bits per heavy atom. The van der Waals surface area contributed by atoms with Gasteiger partial charge in [0, 0.05) is 25.9 Å². The van der Waals surface area contributed by atoms with E-state index in [1.54, 1.807) is 0 Å². The highest BCUT2D eigenvalue weighted by atomic mass is 15.1. The molecule has 0 amide bonds. The van der Waals surface area contributed by atoms with Crippen LogP contribution in [-0.2, 0) is 13.5 Å². The predicted octanol–water partition coefficient (Wildman–Crippen LogP) is 1.30.